The van der Waals surface area contributed by atoms with E-state index in [9.17, 15) is 26.3 Å². The summed E-state index contributed by atoms with van der Waals surface area (Å²) < 4.78 is 75.4. The second kappa shape index (κ2) is 9.56. The molecule has 1 aromatic heterocycles. The van der Waals surface area contributed by atoms with Crippen molar-refractivity contribution in [2.75, 3.05) is 11.9 Å². The van der Waals surface area contributed by atoms with Gasteiger partial charge in [-0.05, 0) is 42.8 Å². The number of nitrogens with zero attached hydrogens (tertiary/aromatic N) is 2. The summed E-state index contributed by atoms with van der Waals surface area (Å²) in [6.45, 7) is 2.32. The van der Waals surface area contributed by atoms with Crippen LogP contribution >= 0.6 is 11.3 Å². The van der Waals surface area contributed by atoms with E-state index in [0.29, 0.717) is 28.8 Å². The number of rotatable bonds is 6. The maximum absolute atomic E-state index is 12.8. The van der Waals surface area contributed by atoms with E-state index in [1.807, 2.05) is 18.9 Å². The van der Waals surface area contributed by atoms with E-state index < -0.39 is 24.0 Å². The zero-order chi connectivity index (χ0) is 24.4. The summed E-state index contributed by atoms with van der Waals surface area (Å²) in [4.78, 5) is 7.34. The lowest BCUT2D eigenvalue weighted by atomic mass is 10.1. The molecule has 3 nitrogen and oxygen atoms in total. The van der Waals surface area contributed by atoms with Gasteiger partial charge in [0.2, 0.25) is 0 Å². The third kappa shape index (κ3) is 6.35. The molecular formula is C23H20F6N2OS. The first kappa shape index (κ1) is 24.8. The number of hydrogen-bond acceptors (Lipinski definition) is 4. The van der Waals surface area contributed by atoms with E-state index in [-0.39, 0.29) is 0 Å². The first-order chi connectivity index (χ1) is 15.3. The minimum Gasteiger partial charge on any atom is -0.380 e. The molecule has 176 valence electrons. The van der Waals surface area contributed by atoms with Crippen LogP contribution in [0.4, 0.5) is 32.0 Å². The monoisotopic (exact) mass is 486 g/mol. The number of benzene rings is 2. The third-order valence-corrected chi connectivity index (χ3v) is 6.06. The lowest BCUT2D eigenvalue weighted by Crippen LogP contribution is -2.25. The second-order valence-corrected chi connectivity index (χ2v) is 8.48. The summed E-state index contributed by atoms with van der Waals surface area (Å²) in [5.74, 6) is 0. The topological polar surface area (TPSA) is 36.4 Å². The molecule has 1 unspecified atom stereocenters. The lowest BCUT2D eigenvalue weighted by Gasteiger charge is -2.19. The summed E-state index contributed by atoms with van der Waals surface area (Å²) in [5, 5.41) is 9.66. The largest absolute Gasteiger partial charge is 0.417 e. The van der Waals surface area contributed by atoms with Gasteiger partial charge in [0.1, 0.15) is 5.01 Å². The molecule has 33 heavy (non-hydrogen) atoms. The number of alkyl halides is 6. The molecule has 1 atom stereocenters. The van der Waals surface area contributed by atoms with Crippen LogP contribution in [0.1, 0.15) is 21.7 Å². The SMILES string of the molecule is Cc1nc(-c2ccc(C(F)(F)F)cc2)sc1CN(C)c1ccc(/C=C/C(O)C(F)(F)F)cc1. The summed E-state index contributed by atoms with van der Waals surface area (Å²) in [5.41, 5.74) is 1.97. The predicted octanol–water partition coefficient (Wildman–Crippen LogP) is 6.71. The van der Waals surface area contributed by atoms with Crippen molar-refractivity contribution in [2.24, 2.45) is 0 Å². The van der Waals surface area contributed by atoms with Gasteiger partial charge in [0, 0.05) is 23.2 Å². The Morgan fingerprint density at radius 3 is 2.15 bits per heavy atom. The molecule has 2 aromatic carbocycles. The van der Waals surface area contributed by atoms with Crippen molar-refractivity contribution in [3.63, 3.8) is 0 Å². The van der Waals surface area contributed by atoms with Gasteiger partial charge in [-0.25, -0.2) is 4.98 Å². The zero-order valence-corrected chi connectivity index (χ0v) is 18.4. The fraction of sp³-hybridized carbons (Fsp3) is 0.261. The minimum atomic E-state index is -4.71. The standard InChI is InChI=1S/C23H20F6N2OS/c1-14-19(33-21(30-14)16-6-8-17(9-7-16)22(24,25)26)13-31(2)18-10-3-15(4-11-18)5-12-20(32)23(27,28)29/h3-12,20,32H,13H2,1-2H3/b12-5+. The normalized spacial score (nSPS) is 13.5. The average Bonchev–Trinajstić information content (AvgIpc) is 3.11. The van der Waals surface area contributed by atoms with Gasteiger partial charge >= 0.3 is 12.4 Å². The van der Waals surface area contributed by atoms with Crippen LogP contribution < -0.4 is 4.90 Å². The Kier molecular flexibility index (Phi) is 7.18. The number of aliphatic hydroxyl groups excluding tert-OH is 1. The van der Waals surface area contributed by atoms with Crippen molar-refractivity contribution < 1.29 is 31.4 Å². The molecule has 0 aliphatic rings. The maximum atomic E-state index is 12.8. The van der Waals surface area contributed by atoms with E-state index in [1.54, 1.807) is 24.3 Å². The summed E-state index contributed by atoms with van der Waals surface area (Å²) in [6.07, 6.45) is -9.74. The molecule has 0 aliphatic carbocycles. The molecular weight excluding hydrogens is 466 g/mol. The Bertz CT molecular complexity index is 1100. The van der Waals surface area contributed by atoms with Gasteiger partial charge in [-0.3, -0.25) is 0 Å². The summed E-state index contributed by atoms with van der Waals surface area (Å²) in [6, 6.07) is 11.6. The molecule has 0 bridgehead atoms. The molecule has 0 spiro atoms. The molecule has 0 aliphatic heterocycles. The quantitative estimate of drug-likeness (QED) is 0.394. The van der Waals surface area contributed by atoms with Gasteiger partial charge in [0.15, 0.2) is 6.10 Å². The number of aromatic nitrogens is 1. The summed E-state index contributed by atoms with van der Waals surface area (Å²) >= 11 is 1.39. The number of anilines is 1. The fourth-order valence-electron chi connectivity index (χ4n) is 2.96. The van der Waals surface area contributed by atoms with Crippen molar-refractivity contribution in [3.8, 4) is 10.6 Å². The average molecular weight is 486 g/mol. The van der Waals surface area contributed by atoms with Gasteiger partial charge in [-0.2, -0.15) is 26.3 Å². The van der Waals surface area contributed by atoms with Crippen LogP contribution in [0, 0.1) is 6.92 Å². The Hall–Kier alpha value is -2.85. The van der Waals surface area contributed by atoms with Gasteiger partial charge in [-0.15, -0.1) is 11.3 Å². The van der Waals surface area contributed by atoms with Crippen LogP contribution in [0.25, 0.3) is 16.6 Å². The molecule has 3 aromatic rings. The van der Waals surface area contributed by atoms with Crippen LogP contribution in [-0.4, -0.2) is 29.4 Å². The van der Waals surface area contributed by atoms with Crippen LogP contribution in [0.15, 0.2) is 54.6 Å². The Labute approximate surface area is 190 Å². The molecule has 10 heteroatoms. The highest BCUT2D eigenvalue weighted by Gasteiger charge is 2.36. The molecule has 0 amide bonds. The highest BCUT2D eigenvalue weighted by molar-refractivity contribution is 7.15. The second-order valence-electron chi connectivity index (χ2n) is 7.40. The van der Waals surface area contributed by atoms with Crippen molar-refractivity contribution in [1.29, 1.82) is 0 Å². The maximum Gasteiger partial charge on any atom is 0.417 e. The van der Waals surface area contributed by atoms with Crippen molar-refractivity contribution in [3.05, 3.63) is 76.3 Å². The molecule has 0 radical (unpaired) electrons. The molecule has 1 N–H and O–H groups in total. The Balaban J connectivity index is 1.69. The lowest BCUT2D eigenvalue weighted by molar-refractivity contribution is -0.187. The van der Waals surface area contributed by atoms with Crippen LogP contribution in [-0.2, 0) is 12.7 Å². The number of thiazole rings is 1. The third-order valence-electron chi connectivity index (χ3n) is 4.87. The van der Waals surface area contributed by atoms with Crippen molar-refractivity contribution in [2.45, 2.75) is 31.9 Å². The van der Waals surface area contributed by atoms with Gasteiger partial charge in [0.25, 0.3) is 0 Å². The highest BCUT2D eigenvalue weighted by Crippen LogP contribution is 2.33. The van der Waals surface area contributed by atoms with Gasteiger partial charge in [-0.1, -0.05) is 30.3 Å². The molecule has 1 heterocycles. The molecule has 0 saturated heterocycles. The smallest absolute Gasteiger partial charge is 0.380 e. The van der Waals surface area contributed by atoms with E-state index >= 15 is 0 Å². The minimum absolute atomic E-state index is 0.492. The fourth-order valence-corrected chi connectivity index (χ4v) is 4.08. The number of halogens is 6. The van der Waals surface area contributed by atoms with E-state index in [4.69, 9.17) is 5.11 Å². The Morgan fingerprint density at radius 1 is 1.00 bits per heavy atom. The zero-order valence-electron chi connectivity index (χ0n) is 17.6. The van der Waals surface area contributed by atoms with Crippen LogP contribution in [0.2, 0.25) is 0 Å². The first-order valence-corrected chi connectivity index (χ1v) is 10.5. The Morgan fingerprint density at radius 2 is 1.61 bits per heavy atom. The first-order valence-electron chi connectivity index (χ1n) is 9.72. The van der Waals surface area contributed by atoms with E-state index in [1.165, 1.54) is 29.5 Å². The number of hydrogen-bond donors (Lipinski definition) is 1. The van der Waals surface area contributed by atoms with Gasteiger partial charge < -0.3 is 10.0 Å². The van der Waals surface area contributed by atoms with E-state index in [2.05, 4.69) is 4.98 Å². The molecule has 0 fully saturated rings. The van der Waals surface area contributed by atoms with Crippen LogP contribution in [0.5, 0.6) is 0 Å². The van der Waals surface area contributed by atoms with Gasteiger partial charge in [0.05, 0.1) is 17.8 Å². The molecule has 0 saturated carbocycles. The predicted molar refractivity (Wildman–Crippen MR) is 117 cm³/mol. The van der Waals surface area contributed by atoms with Crippen molar-refractivity contribution >= 4 is 23.1 Å². The van der Waals surface area contributed by atoms with E-state index in [0.717, 1.165) is 28.4 Å². The van der Waals surface area contributed by atoms with Crippen LogP contribution in [0.3, 0.4) is 0 Å². The van der Waals surface area contributed by atoms with Crippen molar-refractivity contribution in [1.82, 2.24) is 4.98 Å². The number of aryl methyl sites for hydroxylation is 1. The number of aliphatic hydroxyl groups is 1. The highest BCUT2D eigenvalue weighted by atomic mass is 32.1. The summed E-state index contributed by atoms with van der Waals surface area (Å²) in [7, 11) is 1.84. The molecule has 3 rings (SSSR count).